The molecule has 1 saturated carbocycles. The Balaban J connectivity index is 0.00000280. The van der Waals surface area contributed by atoms with Gasteiger partial charge < -0.3 is 20.7 Å². The Hall–Kier alpha value is -1.79. The summed E-state index contributed by atoms with van der Waals surface area (Å²) in [7, 11) is 1.63. The average Bonchev–Trinajstić information content (AvgIpc) is 2.72. The quantitative estimate of drug-likeness (QED) is 0.782. The van der Waals surface area contributed by atoms with E-state index in [0.717, 1.165) is 37.0 Å². The van der Waals surface area contributed by atoms with Crippen LogP contribution in [0.2, 0.25) is 0 Å². The molecule has 2 amide bonds. The highest BCUT2D eigenvalue weighted by Crippen LogP contribution is 2.29. The standard InChI is InChI=1S/C21H31N3O3.ClH/c1-27-18-7-5-16(6-8-18)15-23-19(25)17-9-13-24(14-10-17)20(26)21(22)11-3-2-4-12-21;/h5-8,17H,2-4,9-15,22H2,1H3,(H,23,25);1H. The number of likely N-dealkylation sites (tertiary alicyclic amines) is 1. The Morgan fingerprint density at radius 1 is 1.14 bits per heavy atom. The van der Waals surface area contributed by atoms with Gasteiger partial charge in [-0.05, 0) is 43.4 Å². The van der Waals surface area contributed by atoms with Crippen LogP contribution in [0.15, 0.2) is 24.3 Å². The van der Waals surface area contributed by atoms with Gasteiger partial charge in [0.2, 0.25) is 11.8 Å². The van der Waals surface area contributed by atoms with Crippen molar-refractivity contribution in [2.75, 3.05) is 20.2 Å². The smallest absolute Gasteiger partial charge is 0.242 e. The molecule has 0 aromatic heterocycles. The molecule has 156 valence electrons. The molecule has 0 spiro atoms. The number of nitrogens with one attached hydrogen (secondary N) is 1. The van der Waals surface area contributed by atoms with Crippen LogP contribution in [-0.4, -0.2) is 42.5 Å². The van der Waals surface area contributed by atoms with Gasteiger partial charge in [-0.2, -0.15) is 0 Å². The molecule has 0 radical (unpaired) electrons. The molecule has 28 heavy (non-hydrogen) atoms. The van der Waals surface area contributed by atoms with Crippen LogP contribution in [0.25, 0.3) is 0 Å². The highest BCUT2D eigenvalue weighted by molar-refractivity contribution is 5.87. The Labute approximate surface area is 173 Å². The van der Waals surface area contributed by atoms with Crippen molar-refractivity contribution >= 4 is 24.2 Å². The fraction of sp³-hybridized carbons (Fsp3) is 0.619. The summed E-state index contributed by atoms with van der Waals surface area (Å²) >= 11 is 0. The first-order valence-corrected chi connectivity index (χ1v) is 10.0. The van der Waals surface area contributed by atoms with Crippen LogP contribution in [0.4, 0.5) is 0 Å². The maximum atomic E-state index is 12.8. The van der Waals surface area contributed by atoms with Crippen molar-refractivity contribution in [3.63, 3.8) is 0 Å². The van der Waals surface area contributed by atoms with E-state index in [2.05, 4.69) is 5.32 Å². The van der Waals surface area contributed by atoms with Crippen LogP contribution in [0.1, 0.15) is 50.5 Å². The third kappa shape index (κ3) is 5.39. The third-order valence-electron chi connectivity index (χ3n) is 5.95. The maximum absolute atomic E-state index is 12.8. The molecule has 2 aliphatic rings. The fourth-order valence-electron chi connectivity index (χ4n) is 4.13. The minimum Gasteiger partial charge on any atom is -0.497 e. The molecule has 6 nitrogen and oxygen atoms in total. The summed E-state index contributed by atoms with van der Waals surface area (Å²) in [6.07, 6.45) is 6.22. The zero-order valence-corrected chi connectivity index (χ0v) is 17.4. The van der Waals surface area contributed by atoms with Gasteiger partial charge in [-0.15, -0.1) is 12.4 Å². The molecule has 0 bridgehead atoms. The molecule has 1 aromatic carbocycles. The number of methoxy groups -OCH3 is 1. The number of hydrogen-bond donors (Lipinski definition) is 2. The van der Waals surface area contributed by atoms with E-state index in [-0.39, 0.29) is 30.1 Å². The monoisotopic (exact) mass is 409 g/mol. The van der Waals surface area contributed by atoms with Crippen LogP contribution in [0.3, 0.4) is 0 Å². The van der Waals surface area contributed by atoms with E-state index in [1.165, 1.54) is 6.42 Å². The van der Waals surface area contributed by atoms with Crippen molar-refractivity contribution in [3.8, 4) is 5.75 Å². The van der Waals surface area contributed by atoms with E-state index in [0.29, 0.717) is 32.5 Å². The number of carbonyl (C=O) groups is 2. The summed E-state index contributed by atoms with van der Waals surface area (Å²) in [5.74, 6) is 0.919. The van der Waals surface area contributed by atoms with Crippen molar-refractivity contribution in [2.24, 2.45) is 11.7 Å². The average molecular weight is 410 g/mol. The van der Waals surface area contributed by atoms with E-state index in [4.69, 9.17) is 10.5 Å². The second kappa shape index (κ2) is 10.1. The van der Waals surface area contributed by atoms with Crippen molar-refractivity contribution in [3.05, 3.63) is 29.8 Å². The predicted octanol–water partition coefficient (Wildman–Crippen LogP) is 2.63. The Kier molecular flexibility index (Phi) is 8.13. The van der Waals surface area contributed by atoms with Gasteiger partial charge in [-0.25, -0.2) is 0 Å². The first kappa shape index (κ1) is 22.5. The number of nitrogens with zero attached hydrogens (tertiary/aromatic N) is 1. The number of nitrogens with two attached hydrogens (primary N) is 1. The van der Waals surface area contributed by atoms with Gasteiger partial charge in [0.05, 0.1) is 12.6 Å². The van der Waals surface area contributed by atoms with Gasteiger partial charge >= 0.3 is 0 Å². The first-order valence-electron chi connectivity index (χ1n) is 10.0. The second-order valence-corrected chi connectivity index (χ2v) is 7.85. The molecular formula is C21H32ClN3O3. The maximum Gasteiger partial charge on any atom is 0.242 e. The largest absolute Gasteiger partial charge is 0.497 e. The SMILES string of the molecule is COc1ccc(CNC(=O)C2CCN(C(=O)C3(N)CCCCC3)CC2)cc1.Cl. The van der Waals surface area contributed by atoms with Crippen LogP contribution < -0.4 is 15.8 Å². The van der Waals surface area contributed by atoms with Gasteiger partial charge in [0.25, 0.3) is 0 Å². The van der Waals surface area contributed by atoms with Gasteiger partial charge in [-0.1, -0.05) is 31.4 Å². The Morgan fingerprint density at radius 3 is 2.32 bits per heavy atom. The van der Waals surface area contributed by atoms with E-state index in [9.17, 15) is 9.59 Å². The minimum atomic E-state index is -0.679. The van der Waals surface area contributed by atoms with Gasteiger partial charge in [0.1, 0.15) is 5.75 Å². The van der Waals surface area contributed by atoms with E-state index < -0.39 is 5.54 Å². The van der Waals surface area contributed by atoms with Crippen molar-refractivity contribution in [1.82, 2.24) is 10.2 Å². The number of rotatable bonds is 5. The number of halogens is 1. The minimum absolute atomic E-state index is 0. The summed E-state index contributed by atoms with van der Waals surface area (Å²) < 4.78 is 5.14. The molecule has 1 saturated heterocycles. The lowest BCUT2D eigenvalue weighted by Gasteiger charge is -2.39. The van der Waals surface area contributed by atoms with Crippen LogP contribution >= 0.6 is 12.4 Å². The topological polar surface area (TPSA) is 84.7 Å². The summed E-state index contributed by atoms with van der Waals surface area (Å²) in [5.41, 5.74) is 6.74. The van der Waals surface area contributed by atoms with Crippen molar-refractivity contribution < 1.29 is 14.3 Å². The molecule has 1 aliphatic carbocycles. The molecule has 3 N–H and O–H groups in total. The molecule has 7 heteroatoms. The van der Waals surface area contributed by atoms with Crippen LogP contribution in [-0.2, 0) is 16.1 Å². The number of amides is 2. The number of hydrogen-bond acceptors (Lipinski definition) is 4. The number of benzene rings is 1. The molecular weight excluding hydrogens is 378 g/mol. The highest BCUT2D eigenvalue weighted by Gasteiger charge is 2.39. The normalized spacial score (nSPS) is 19.4. The summed E-state index contributed by atoms with van der Waals surface area (Å²) in [4.78, 5) is 27.1. The zero-order chi connectivity index (χ0) is 19.3. The van der Waals surface area contributed by atoms with E-state index in [1.807, 2.05) is 29.2 Å². The molecule has 1 aliphatic heterocycles. The highest BCUT2D eigenvalue weighted by atomic mass is 35.5. The van der Waals surface area contributed by atoms with Crippen LogP contribution in [0.5, 0.6) is 5.75 Å². The molecule has 1 heterocycles. The number of piperidine rings is 1. The molecule has 0 unspecified atom stereocenters. The Bertz CT molecular complexity index is 651. The zero-order valence-electron chi connectivity index (χ0n) is 16.6. The van der Waals surface area contributed by atoms with Crippen LogP contribution in [0, 0.1) is 5.92 Å². The second-order valence-electron chi connectivity index (χ2n) is 7.85. The number of ether oxygens (including phenoxy) is 1. The van der Waals surface area contributed by atoms with E-state index in [1.54, 1.807) is 7.11 Å². The van der Waals surface area contributed by atoms with Crippen molar-refractivity contribution in [2.45, 2.75) is 57.0 Å². The van der Waals surface area contributed by atoms with Gasteiger partial charge in [0.15, 0.2) is 0 Å². The lowest BCUT2D eigenvalue weighted by atomic mass is 9.81. The number of carbonyl (C=O) groups excluding carboxylic acids is 2. The molecule has 3 rings (SSSR count). The lowest BCUT2D eigenvalue weighted by molar-refractivity contribution is -0.141. The molecule has 0 atom stereocenters. The third-order valence-corrected chi connectivity index (χ3v) is 5.95. The predicted molar refractivity (Wildman–Crippen MR) is 111 cm³/mol. The lowest BCUT2D eigenvalue weighted by Crippen LogP contribution is -2.58. The fourth-order valence-corrected chi connectivity index (χ4v) is 4.13. The summed E-state index contributed by atoms with van der Waals surface area (Å²) in [6, 6.07) is 7.68. The van der Waals surface area contributed by atoms with Crippen molar-refractivity contribution in [1.29, 1.82) is 0 Å². The first-order chi connectivity index (χ1) is 13.0. The van der Waals surface area contributed by atoms with Gasteiger partial charge in [0, 0.05) is 25.6 Å². The van der Waals surface area contributed by atoms with E-state index >= 15 is 0 Å². The molecule has 2 fully saturated rings. The summed E-state index contributed by atoms with van der Waals surface area (Å²) in [6.45, 7) is 1.75. The van der Waals surface area contributed by atoms with Gasteiger partial charge in [-0.3, -0.25) is 9.59 Å². The Morgan fingerprint density at radius 2 is 1.75 bits per heavy atom. The molecule has 1 aromatic rings. The summed E-state index contributed by atoms with van der Waals surface area (Å²) in [5, 5.41) is 3.01.